The van der Waals surface area contributed by atoms with E-state index in [0.717, 1.165) is 43.0 Å². The number of hydrogen-bond acceptors (Lipinski definition) is 5. The van der Waals surface area contributed by atoms with Gasteiger partial charge in [0.15, 0.2) is 5.65 Å². The van der Waals surface area contributed by atoms with E-state index in [4.69, 9.17) is 4.98 Å². The smallest absolute Gasteiger partial charge is 0.270 e. The second-order valence-corrected chi connectivity index (χ2v) is 6.27. The number of amides is 1. The number of carbonyl (C=O) groups excluding carboxylic acids is 1. The van der Waals surface area contributed by atoms with Crippen molar-refractivity contribution >= 4 is 23.0 Å². The molecule has 0 unspecified atom stereocenters. The minimum absolute atomic E-state index is 0.106. The van der Waals surface area contributed by atoms with Crippen LogP contribution in [0.3, 0.4) is 0 Å². The zero-order valence-electron chi connectivity index (χ0n) is 14.1. The van der Waals surface area contributed by atoms with E-state index in [-0.39, 0.29) is 11.9 Å². The van der Waals surface area contributed by atoms with Crippen LogP contribution in [0.15, 0.2) is 42.7 Å². The molecule has 0 aliphatic carbocycles. The van der Waals surface area contributed by atoms with Crippen molar-refractivity contribution < 1.29 is 4.79 Å². The number of carbonyl (C=O) groups is 1. The van der Waals surface area contributed by atoms with Gasteiger partial charge >= 0.3 is 0 Å². The lowest BCUT2D eigenvalue weighted by molar-refractivity contribution is 0.0926. The molecule has 0 atom stereocenters. The number of imidazole rings is 1. The topological polar surface area (TPSA) is 75.9 Å². The minimum Gasteiger partial charge on any atom is -0.348 e. The number of nitrogens with zero attached hydrogens (tertiary/aromatic N) is 5. The summed E-state index contributed by atoms with van der Waals surface area (Å²) in [6, 6.07) is 9.41. The highest BCUT2D eigenvalue weighted by atomic mass is 16.1. The molecule has 1 amide bonds. The van der Waals surface area contributed by atoms with Crippen LogP contribution < -0.4 is 10.2 Å². The van der Waals surface area contributed by atoms with Gasteiger partial charge in [-0.25, -0.2) is 9.97 Å². The highest BCUT2D eigenvalue weighted by Gasteiger charge is 2.24. The summed E-state index contributed by atoms with van der Waals surface area (Å²) in [5.74, 6) is 0.828. The predicted molar refractivity (Wildman–Crippen MR) is 95.4 cm³/mol. The van der Waals surface area contributed by atoms with Crippen molar-refractivity contribution in [3.8, 4) is 0 Å². The van der Waals surface area contributed by atoms with Crippen LogP contribution in [-0.2, 0) is 7.05 Å². The lowest BCUT2D eigenvalue weighted by Gasteiger charge is -2.32. The van der Waals surface area contributed by atoms with E-state index in [0.29, 0.717) is 5.69 Å². The Kier molecular flexibility index (Phi) is 4.05. The van der Waals surface area contributed by atoms with Crippen molar-refractivity contribution in [2.24, 2.45) is 7.05 Å². The van der Waals surface area contributed by atoms with Crippen LogP contribution in [0.5, 0.6) is 0 Å². The van der Waals surface area contributed by atoms with E-state index >= 15 is 0 Å². The molecule has 0 bridgehead atoms. The first kappa shape index (κ1) is 15.6. The maximum atomic E-state index is 12.2. The average Bonchev–Trinajstić information content (AvgIpc) is 3.00. The molecular formula is C18H20N6O. The zero-order valence-corrected chi connectivity index (χ0v) is 14.1. The summed E-state index contributed by atoms with van der Waals surface area (Å²) in [4.78, 5) is 27.7. The molecule has 0 aromatic carbocycles. The normalized spacial score (nSPS) is 15.5. The van der Waals surface area contributed by atoms with Gasteiger partial charge in [-0.3, -0.25) is 14.3 Å². The molecule has 25 heavy (non-hydrogen) atoms. The fourth-order valence-electron chi connectivity index (χ4n) is 3.27. The van der Waals surface area contributed by atoms with Crippen LogP contribution in [0, 0.1) is 0 Å². The van der Waals surface area contributed by atoms with Gasteiger partial charge < -0.3 is 10.2 Å². The van der Waals surface area contributed by atoms with E-state index in [1.54, 1.807) is 24.5 Å². The molecule has 1 N–H and O–H groups in total. The van der Waals surface area contributed by atoms with Crippen molar-refractivity contribution in [1.29, 1.82) is 0 Å². The molecule has 7 nitrogen and oxygen atoms in total. The molecule has 3 aromatic rings. The molecule has 128 valence electrons. The number of fused-ring (bicyclic) bond motifs is 1. The van der Waals surface area contributed by atoms with Crippen LogP contribution in [0.25, 0.3) is 11.2 Å². The Hall–Kier alpha value is -2.96. The van der Waals surface area contributed by atoms with Gasteiger partial charge in [-0.15, -0.1) is 0 Å². The monoisotopic (exact) mass is 336 g/mol. The number of nitrogens with one attached hydrogen (secondary N) is 1. The summed E-state index contributed by atoms with van der Waals surface area (Å²) in [5, 5.41) is 3.08. The zero-order chi connectivity index (χ0) is 17.2. The number of aryl methyl sites for hydroxylation is 1. The van der Waals surface area contributed by atoms with Gasteiger partial charge in [0, 0.05) is 38.6 Å². The molecule has 0 radical (unpaired) electrons. The highest BCUT2D eigenvalue weighted by Crippen LogP contribution is 2.22. The van der Waals surface area contributed by atoms with Crippen LogP contribution >= 0.6 is 0 Å². The summed E-state index contributed by atoms with van der Waals surface area (Å²) >= 11 is 0. The van der Waals surface area contributed by atoms with Crippen molar-refractivity contribution in [3.63, 3.8) is 0 Å². The third-order valence-corrected chi connectivity index (χ3v) is 4.61. The second-order valence-electron chi connectivity index (χ2n) is 6.27. The van der Waals surface area contributed by atoms with Crippen molar-refractivity contribution in [3.05, 3.63) is 48.4 Å². The Balaban J connectivity index is 1.41. The first-order valence-electron chi connectivity index (χ1n) is 8.46. The number of hydrogen-bond donors (Lipinski definition) is 1. The van der Waals surface area contributed by atoms with Crippen LogP contribution in [0.2, 0.25) is 0 Å². The highest BCUT2D eigenvalue weighted by molar-refractivity contribution is 5.92. The van der Waals surface area contributed by atoms with Crippen molar-refractivity contribution in [1.82, 2.24) is 24.8 Å². The Bertz CT molecular complexity index is 883. The van der Waals surface area contributed by atoms with E-state index < -0.39 is 0 Å². The molecule has 1 saturated heterocycles. The van der Waals surface area contributed by atoms with Crippen molar-refractivity contribution in [2.75, 3.05) is 18.0 Å². The first-order valence-corrected chi connectivity index (χ1v) is 8.46. The van der Waals surface area contributed by atoms with Gasteiger partial charge in [0.05, 0.1) is 0 Å². The van der Waals surface area contributed by atoms with Gasteiger partial charge in [0.25, 0.3) is 5.91 Å². The molecule has 7 heteroatoms. The number of rotatable bonds is 3. The number of aromatic nitrogens is 4. The average molecular weight is 336 g/mol. The molecule has 1 aliphatic heterocycles. The van der Waals surface area contributed by atoms with Gasteiger partial charge in [0.1, 0.15) is 11.2 Å². The quantitative estimate of drug-likeness (QED) is 0.789. The van der Waals surface area contributed by atoms with Crippen molar-refractivity contribution in [2.45, 2.75) is 18.9 Å². The Morgan fingerprint density at radius 2 is 1.92 bits per heavy atom. The SMILES string of the molecule is Cn1c(N2CCC(NC(=O)c3ccccn3)CC2)nc2cccnc21. The van der Waals surface area contributed by atoms with E-state index in [2.05, 4.69) is 20.2 Å². The maximum Gasteiger partial charge on any atom is 0.270 e. The summed E-state index contributed by atoms with van der Waals surface area (Å²) in [5.41, 5.74) is 2.26. The first-order chi connectivity index (χ1) is 12.2. The van der Waals surface area contributed by atoms with Gasteiger partial charge in [-0.1, -0.05) is 6.07 Å². The molecule has 4 rings (SSSR count). The summed E-state index contributed by atoms with van der Waals surface area (Å²) < 4.78 is 2.03. The summed E-state index contributed by atoms with van der Waals surface area (Å²) in [6.45, 7) is 1.70. The molecule has 1 fully saturated rings. The Labute approximate surface area is 145 Å². The fourth-order valence-corrected chi connectivity index (χ4v) is 3.27. The third kappa shape index (κ3) is 3.05. The van der Waals surface area contributed by atoms with Crippen LogP contribution in [0.1, 0.15) is 23.3 Å². The van der Waals surface area contributed by atoms with Gasteiger partial charge in [-0.05, 0) is 37.1 Å². The third-order valence-electron chi connectivity index (χ3n) is 4.61. The van der Waals surface area contributed by atoms with Gasteiger partial charge in [0.2, 0.25) is 5.95 Å². The summed E-state index contributed by atoms with van der Waals surface area (Å²) in [7, 11) is 1.99. The Morgan fingerprint density at radius 1 is 1.12 bits per heavy atom. The van der Waals surface area contributed by atoms with E-state index in [9.17, 15) is 4.79 Å². The molecular weight excluding hydrogens is 316 g/mol. The number of pyridine rings is 2. The Morgan fingerprint density at radius 3 is 2.64 bits per heavy atom. The van der Waals surface area contributed by atoms with E-state index in [1.165, 1.54) is 0 Å². The second kappa shape index (κ2) is 6.51. The number of anilines is 1. The molecule has 4 heterocycles. The number of piperidine rings is 1. The molecule has 1 aliphatic rings. The molecule has 0 saturated carbocycles. The van der Waals surface area contributed by atoms with Crippen LogP contribution in [0.4, 0.5) is 5.95 Å². The molecule has 3 aromatic heterocycles. The van der Waals surface area contributed by atoms with E-state index in [1.807, 2.05) is 29.8 Å². The largest absolute Gasteiger partial charge is 0.348 e. The maximum absolute atomic E-state index is 12.2. The summed E-state index contributed by atoms with van der Waals surface area (Å²) in [6.07, 6.45) is 5.19. The van der Waals surface area contributed by atoms with Crippen LogP contribution in [-0.4, -0.2) is 44.6 Å². The van der Waals surface area contributed by atoms with Gasteiger partial charge in [-0.2, -0.15) is 0 Å². The molecule has 0 spiro atoms. The standard InChI is InChI=1S/C18H20N6O/c1-23-16-14(6-4-10-20-16)22-18(23)24-11-7-13(8-12-24)21-17(25)15-5-2-3-9-19-15/h2-6,9-10,13H,7-8,11-12H2,1H3,(H,21,25). The lowest BCUT2D eigenvalue weighted by Crippen LogP contribution is -2.45. The predicted octanol–water partition coefficient (Wildman–Crippen LogP) is 1.76. The lowest BCUT2D eigenvalue weighted by atomic mass is 10.1. The minimum atomic E-state index is -0.106. The fraction of sp³-hybridized carbons (Fsp3) is 0.333.